The molecule has 5 heteroatoms. The Bertz CT molecular complexity index is 683. The molecule has 0 aromatic heterocycles. The normalized spacial score (nSPS) is 19.0. The second-order valence-corrected chi connectivity index (χ2v) is 6.44. The van der Waals surface area contributed by atoms with Gasteiger partial charge in [0, 0.05) is 22.1 Å². The predicted molar refractivity (Wildman–Crippen MR) is 92.6 cm³/mol. The van der Waals surface area contributed by atoms with E-state index in [4.69, 9.17) is 18.0 Å². The Morgan fingerprint density at radius 2 is 1.86 bits per heavy atom. The molecular weight excluding hydrogens is 298 g/mol. The van der Waals surface area contributed by atoms with Gasteiger partial charge in [-0.2, -0.15) is 5.10 Å². The smallest absolute Gasteiger partial charge is 0.184 e. The van der Waals surface area contributed by atoms with Crippen molar-refractivity contribution in [2.24, 2.45) is 10.8 Å². The Hall–Kier alpha value is -1.85. The van der Waals surface area contributed by atoms with Crippen molar-refractivity contribution in [3.63, 3.8) is 0 Å². The van der Waals surface area contributed by atoms with Gasteiger partial charge in [-0.15, -0.1) is 11.8 Å². The summed E-state index contributed by atoms with van der Waals surface area (Å²) in [5.74, 6) is 0. The molecule has 0 saturated carbocycles. The summed E-state index contributed by atoms with van der Waals surface area (Å²) in [6.07, 6.45) is 0.849. The van der Waals surface area contributed by atoms with Gasteiger partial charge in [0.1, 0.15) is 0 Å². The van der Waals surface area contributed by atoms with E-state index < -0.39 is 0 Å². The van der Waals surface area contributed by atoms with E-state index in [-0.39, 0.29) is 5.11 Å². The minimum absolute atomic E-state index is 0.189. The molecule has 106 valence electrons. The Morgan fingerprint density at radius 1 is 1.14 bits per heavy atom. The molecule has 1 atom stereocenters. The molecule has 3 rings (SSSR count). The van der Waals surface area contributed by atoms with Crippen molar-refractivity contribution in [2.45, 2.75) is 16.6 Å². The minimum atomic E-state index is 0.189. The van der Waals surface area contributed by atoms with E-state index in [1.807, 2.05) is 23.9 Å². The van der Waals surface area contributed by atoms with Gasteiger partial charge in [0.15, 0.2) is 5.11 Å². The maximum absolute atomic E-state index is 5.48. The van der Waals surface area contributed by atoms with Crippen LogP contribution in [0.3, 0.4) is 0 Å². The van der Waals surface area contributed by atoms with Gasteiger partial charge in [0.25, 0.3) is 0 Å². The molecule has 0 bridgehead atoms. The van der Waals surface area contributed by atoms with Crippen LogP contribution in [0.15, 0.2) is 64.6 Å². The number of hydrazone groups is 1. The summed E-state index contributed by atoms with van der Waals surface area (Å²) in [6.45, 7) is 0. The lowest BCUT2D eigenvalue weighted by Gasteiger charge is -2.25. The summed E-state index contributed by atoms with van der Waals surface area (Å²) < 4.78 is 0. The molecule has 0 radical (unpaired) electrons. The molecule has 3 nitrogen and oxygen atoms in total. The first kappa shape index (κ1) is 14.1. The number of hydrogen-bond acceptors (Lipinski definition) is 3. The number of nitrogens with zero attached hydrogens (tertiary/aromatic N) is 1. The van der Waals surface area contributed by atoms with Crippen molar-refractivity contribution in [1.82, 2.24) is 5.43 Å². The number of hydrogen-bond donors (Lipinski definition) is 2. The van der Waals surface area contributed by atoms with Gasteiger partial charge in [-0.05, 0) is 23.8 Å². The van der Waals surface area contributed by atoms with Crippen LogP contribution in [0.25, 0.3) is 0 Å². The highest BCUT2D eigenvalue weighted by atomic mass is 32.2. The Labute approximate surface area is 133 Å². The van der Waals surface area contributed by atoms with E-state index in [2.05, 4.69) is 53.0 Å². The number of fused-ring (bicyclic) bond motifs is 1. The van der Waals surface area contributed by atoms with Crippen molar-refractivity contribution >= 4 is 34.8 Å². The molecule has 1 aliphatic rings. The third-order valence-corrected chi connectivity index (χ3v) is 4.74. The van der Waals surface area contributed by atoms with Crippen LogP contribution in [0.5, 0.6) is 0 Å². The zero-order valence-electron chi connectivity index (χ0n) is 11.3. The Balaban J connectivity index is 1.96. The van der Waals surface area contributed by atoms with Crippen molar-refractivity contribution in [1.29, 1.82) is 0 Å². The molecule has 21 heavy (non-hydrogen) atoms. The fraction of sp³-hybridized carbons (Fsp3) is 0.125. The van der Waals surface area contributed by atoms with E-state index in [9.17, 15) is 0 Å². The van der Waals surface area contributed by atoms with E-state index in [0.29, 0.717) is 5.25 Å². The molecule has 2 aromatic rings. The van der Waals surface area contributed by atoms with Gasteiger partial charge in [0.2, 0.25) is 0 Å². The van der Waals surface area contributed by atoms with Crippen molar-refractivity contribution in [3.8, 4) is 0 Å². The SMILES string of the molecule is NC(=S)N/N=C1/C[C@H](c2ccccc2)Sc2ccccc21. The molecule has 0 aliphatic carbocycles. The highest BCUT2D eigenvalue weighted by Gasteiger charge is 2.25. The highest BCUT2D eigenvalue weighted by Crippen LogP contribution is 2.44. The molecule has 1 aliphatic heterocycles. The van der Waals surface area contributed by atoms with E-state index in [1.165, 1.54) is 10.5 Å². The van der Waals surface area contributed by atoms with Gasteiger partial charge in [-0.25, -0.2) is 0 Å². The van der Waals surface area contributed by atoms with E-state index >= 15 is 0 Å². The van der Waals surface area contributed by atoms with Crippen molar-refractivity contribution in [2.75, 3.05) is 0 Å². The fourth-order valence-electron chi connectivity index (χ4n) is 2.37. The van der Waals surface area contributed by atoms with E-state index in [1.54, 1.807) is 0 Å². The summed E-state index contributed by atoms with van der Waals surface area (Å²) in [5.41, 5.74) is 11.6. The Kier molecular flexibility index (Phi) is 4.22. The zero-order valence-corrected chi connectivity index (χ0v) is 13.0. The lowest BCUT2D eigenvalue weighted by molar-refractivity contribution is 0.942. The van der Waals surface area contributed by atoms with Crippen LogP contribution in [0, 0.1) is 0 Å². The van der Waals surface area contributed by atoms with Crippen molar-refractivity contribution in [3.05, 3.63) is 65.7 Å². The van der Waals surface area contributed by atoms with Crippen LogP contribution in [0.2, 0.25) is 0 Å². The summed E-state index contributed by atoms with van der Waals surface area (Å²) in [7, 11) is 0. The average Bonchev–Trinajstić information content (AvgIpc) is 2.53. The van der Waals surface area contributed by atoms with Crippen LogP contribution in [-0.4, -0.2) is 10.8 Å². The number of thioether (sulfide) groups is 1. The second kappa shape index (κ2) is 6.28. The molecule has 0 amide bonds. The predicted octanol–water partition coefficient (Wildman–Crippen LogP) is 3.46. The van der Waals surface area contributed by atoms with Crippen LogP contribution < -0.4 is 11.2 Å². The number of nitrogens with two attached hydrogens (primary N) is 1. The molecule has 1 heterocycles. The quantitative estimate of drug-likeness (QED) is 0.658. The topological polar surface area (TPSA) is 50.4 Å². The highest BCUT2D eigenvalue weighted by molar-refractivity contribution is 7.99. The third-order valence-electron chi connectivity index (χ3n) is 3.32. The van der Waals surface area contributed by atoms with Crippen LogP contribution >= 0.6 is 24.0 Å². The molecule has 0 saturated heterocycles. The minimum Gasteiger partial charge on any atom is -0.375 e. The summed E-state index contributed by atoms with van der Waals surface area (Å²) in [4.78, 5) is 1.24. The molecular formula is C16H15N3S2. The number of nitrogens with one attached hydrogen (secondary N) is 1. The summed E-state index contributed by atoms with van der Waals surface area (Å²) in [6, 6.07) is 18.8. The number of rotatable bonds is 2. The van der Waals surface area contributed by atoms with Gasteiger partial charge >= 0.3 is 0 Å². The molecule has 0 unspecified atom stereocenters. The van der Waals surface area contributed by atoms with Gasteiger partial charge < -0.3 is 5.73 Å². The average molecular weight is 313 g/mol. The zero-order chi connectivity index (χ0) is 14.7. The first-order chi connectivity index (χ1) is 10.2. The monoisotopic (exact) mass is 313 g/mol. The number of thiocarbonyl (C=S) groups is 1. The summed E-state index contributed by atoms with van der Waals surface area (Å²) in [5, 5.41) is 4.93. The van der Waals surface area contributed by atoms with Crippen LogP contribution in [0.4, 0.5) is 0 Å². The van der Waals surface area contributed by atoms with Gasteiger partial charge in [-0.3, -0.25) is 5.43 Å². The lowest BCUT2D eigenvalue weighted by Crippen LogP contribution is -2.26. The lowest BCUT2D eigenvalue weighted by atomic mass is 10.0. The molecule has 3 N–H and O–H groups in total. The van der Waals surface area contributed by atoms with Gasteiger partial charge in [0.05, 0.1) is 5.71 Å². The van der Waals surface area contributed by atoms with Crippen LogP contribution in [0.1, 0.15) is 22.8 Å². The fourth-order valence-corrected chi connectivity index (χ4v) is 3.73. The third kappa shape index (κ3) is 3.25. The Morgan fingerprint density at radius 3 is 2.62 bits per heavy atom. The first-order valence-corrected chi connectivity index (χ1v) is 7.96. The molecule has 0 spiro atoms. The molecule has 2 aromatic carbocycles. The summed E-state index contributed by atoms with van der Waals surface area (Å²) >= 11 is 6.72. The maximum Gasteiger partial charge on any atom is 0.184 e. The first-order valence-electron chi connectivity index (χ1n) is 6.67. The largest absolute Gasteiger partial charge is 0.375 e. The van der Waals surface area contributed by atoms with Crippen molar-refractivity contribution < 1.29 is 0 Å². The molecule has 0 fully saturated rings. The maximum atomic E-state index is 5.48. The number of benzene rings is 2. The standard InChI is InChI=1S/C16H15N3S2/c17-16(20)19-18-13-10-15(11-6-2-1-3-7-11)21-14-9-5-4-8-12(13)14/h1-9,15H,10H2,(H3,17,19,20)/b18-13-/t15-/m1/s1. The second-order valence-electron chi connectivity index (χ2n) is 4.75. The van der Waals surface area contributed by atoms with Gasteiger partial charge in [-0.1, -0.05) is 48.5 Å². The van der Waals surface area contributed by atoms with Crippen LogP contribution in [-0.2, 0) is 0 Å². The van der Waals surface area contributed by atoms with E-state index in [0.717, 1.165) is 17.7 Å².